The maximum Gasteiger partial charge on any atom is 0.294 e. The van der Waals surface area contributed by atoms with E-state index in [0.29, 0.717) is 33.8 Å². The molecule has 1 aliphatic rings. The summed E-state index contributed by atoms with van der Waals surface area (Å²) >= 11 is 4.25. The van der Waals surface area contributed by atoms with E-state index in [1.807, 2.05) is 43.3 Å². The zero-order valence-electron chi connectivity index (χ0n) is 18.5. The first-order chi connectivity index (χ1) is 16.4. The van der Waals surface area contributed by atoms with Crippen LogP contribution in [0.4, 0.5) is 10.5 Å². The molecule has 0 aliphatic carbocycles. The van der Waals surface area contributed by atoms with Gasteiger partial charge in [-0.3, -0.25) is 19.3 Å². The molecule has 174 valence electrons. The van der Waals surface area contributed by atoms with Crippen LogP contribution in [0.5, 0.6) is 11.5 Å². The lowest BCUT2D eigenvalue weighted by Gasteiger charge is -2.14. The van der Waals surface area contributed by atoms with Crippen molar-refractivity contribution < 1.29 is 23.9 Å². The third kappa shape index (κ3) is 4.95. The van der Waals surface area contributed by atoms with Crippen LogP contribution in [0.2, 0.25) is 0 Å². The van der Waals surface area contributed by atoms with Gasteiger partial charge in [-0.15, -0.1) is 0 Å². The average Bonchev–Trinajstić information content (AvgIpc) is 3.08. The Bertz CT molecular complexity index is 1320. The van der Waals surface area contributed by atoms with Gasteiger partial charge in [-0.2, -0.15) is 0 Å². The molecule has 9 heteroatoms. The summed E-state index contributed by atoms with van der Waals surface area (Å²) in [5.41, 5.74) is 1.27. The lowest BCUT2D eigenvalue weighted by molar-refractivity contribution is -0.127. The zero-order valence-corrected chi connectivity index (χ0v) is 20.9. The van der Waals surface area contributed by atoms with Crippen molar-refractivity contribution in [2.45, 2.75) is 6.92 Å². The lowest BCUT2D eigenvalue weighted by Crippen LogP contribution is -2.36. The first-order valence-electron chi connectivity index (χ1n) is 10.4. The molecule has 0 radical (unpaired) electrons. The molecule has 0 atom stereocenters. The fraction of sp³-hybridized carbons (Fsp3) is 0.160. The molecular weight excluding hydrogens is 520 g/mol. The summed E-state index contributed by atoms with van der Waals surface area (Å²) in [6.07, 6.45) is 1.59. The number of rotatable bonds is 7. The molecule has 0 spiro atoms. The van der Waals surface area contributed by atoms with Crippen molar-refractivity contribution in [3.05, 3.63) is 69.5 Å². The minimum absolute atomic E-state index is 0.223. The number of amides is 3. The van der Waals surface area contributed by atoms with Crippen LogP contribution in [0.25, 0.3) is 16.8 Å². The number of ether oxygens (including phenoxy) is 2. The van der Waals surface area contributed by atoms with Crippen molar-refractivity contribution in [2.75, 3.05) is 25.6 Å². The van der Waals surface area contributed by atoms with Crippen LogP contribution in [0.3, 0.4) is 0 Å². The van der Waals surface area contributed by atoms with E-state index in [-0.39, 0.29) is 11.4 Å². The minimum atomic E-state index is -0.521. The van der Waals surface area contributed by atoms with E-state index in [0.717, 1.165) is 27.4 Å². The van der Waals surface area contributed by atoms with Crippen molar-refractivity contribution in [2.24, 2.45) is 0 Å². The van der Waals surface area contributed by atoms with Gasteiger partial charge in [0.25, 0.3) is 11.1 Å². The third-order valence-electron chi connectivity index (χ3n) is 5.08. The van der Waals surface area contributed by atoms with E-state index < -0.39 is 17.1 Å². The quantitative estimate of drug-likeness (QED) is 0.388. The van der Waals surface area contributed by atoms with Crippen LogP contribution >= 0.6 is 27.7 Å². The number of thioether (sulfide) groups is 1. The van der Waals surface area contributed by atoms with Gasteiger partial charge < -0.3 is 14.8 Å². The van der Waals surface area contributed by atoms with Gasteiger partial charge in [0.05, 0.1) is 23.1 Å². The van der Waals surface area contributed by atoms with Gasteiger partial charge in [0.2, 0.25) is 5.91 Å². The number of nitrogens with zero attached hydrogens (tertiary/aromatic N) is 1. The molecule has 1 fully saturated rings. The number of imide groups is 1. The Morgan fingerprint density at radius 2 is 1.91 bits per heavy atom. The number of nitrogens with one attached hydrogen (secondary N) is 1. The second kappa shape index (κ2) is 10.3. The van der Waals surface area contributed by atoms with Gasteiger partial charge in [0.15, 0.2) is 11.5 Å². The number of hydrogen-bond acceptors (Lipinski definition) is 6. The summed E-state index contributed by atoms with van der Waals surface area (Å²) in [6, 6.07) is 16.7. The topological polar surface area (TPSA) is 84.9 Å². The molecule has 3 aromatic rings. The average molecular weight is 541 g/mol. The smallest absolute Gasteiger partial charge is 0.294 e. The molecule has 1 aliphatic heterocycles. The Balaban J connectivity index is 1.51. The number of halogens is 1. The second-order valence-electron chi connectivity index (χ2n) is 7.31. The van der Waals surface area contributed by atoms with Crippen LogP contribution in [0, 0.1) is 0 Å². The maximum atomic E-state index is 12.9. The van der Waals surface area contributed by atoms with Crippen molar-refractivity contribution >= 4 is 67.3 Å². The van der Waals surface area contributed by atoms with Crippen LogP contribution in [-0.2, 0) is 9.59 Å². The molecule has 0 saturated carbocycles. The monoisotopic (exact) mass is 540 g/mol. The summed E-state index contributed by atoms with van der Waals surface area (Å²) in [4.78, 5) is 39.2. The fourth-order valence-electron chi connectivity index (χ4n) is 3.56. The first-order valence-corrected chi connectivity index (χ1v) is 12.1. The van der Waals surface area contributed by atoms with E-state index in [4.69, 9.17) is 9.47 Å². The summed E-state index contributed by atoms with van der Waals surface area (Å²) in [5, 5.41) is 4.16. The Kier molecular flexibility index (Phi) is 7.23. The standard InChI is InChI=1S/C25H21BrN2O5S/c1-3-33-23-18(26)11-15(12-20(23)32-2)13-21-24(30)28(25(31)34-21)14-22(29)27-19-10-6-8-16-7-4-5-9-17(16)19/h4-13H,3,14H2,1-2H3,(H,27,29)/b21-13+. The Hall–Kier alpha value is -3.30. The lowest BCUT2D eigenvalue weighted by atomic mass is 10.1. The second-order valence-corrected chi connectivity index (χ2v) is 9.16. The Morgan fingerprint density at radius 1 is 1.15 bits per heavy atom. The van der Waals surface area contributed by atoms with Gasteiger partial charge in [-0.1, -0.05) is 36.4 Å². The van der Waals surface area contributed by atoms with Crippen molar-refractivity contribution in [3.8, 4) is 11.5 Å². The van der Waals surface area contributed by atoms with Crippen LogP contribution in [0.1, 0.15) is 12.5 Å². The van der Waals surface area contributed by atoms with E-state index in [1.54, 1.807) is 24.3 Å². The molecule has 0 aromatic heterocycles. The number of carbonyl (C=O) groups is 3. The molecule has 0 bridgehead atoms. The highest BCUT2D eigenvalue weighted by atomic mass is 79.9. The van der Waals surface area contributed by atoms with E-state index in [2.05, 4.69) is 21.2 Å². The van der Waals surface area contributed by atoms with Crippen molar-refractivity contribution in [3.63, 3.8) is 0 Å². The van der Waals surface area contributed by atoms with Gasteiger partial charge in [0.1, 0.15) is 6.54 Å². The van der Waals surface area contributed by atoms with Gasteiger partial charge in [-0.25, -0.2) is 0 Å². The summed E-state index contributed by atoms with van der Waals surface area (Å²) in [7, 11) is 1.52. The summed E-state index contributed by atoms with van der Waals surface area (Å²) in [5.74, 6) is 0.0777. The molecule has 1 saturated heterocycles. The maximum absolute atomic E-state index is 12.9. The predicted molar refractivity (Wildman–Crippen MR) is 137 cm³/mol. The van der Waals surface area contributed by atoms with Crippen LogP contribution in [-0.4, -0.2) is 42.2 Å². The summed E-state index contributed by atoms with van der Waals surface area (Å²) in [6.45, 7) is 1.96. The predicted octanol–water partition coefficient (Wildman–Crippen LogP) is 5.68. The number of methoxy groups -OCH3 is 1. The number of hydrogen-bond donors (Lipinski definition) is 1. The summed E-state index contributed by atoms with van der Waals surface area (Å²) < 4.78 is 11.6. The van der Waals surface area contributed by atoms with Crippen LogP contribution in [0.15, 0.2) is 64.0 Å². The molecule has 1 heterocycles. The van der Waals surface area contributed by atoms with Gasteiger partial charge in [-0.05, 0) is 69.8 Å². The molecule has 1 N–H and O–H groups in total. The molecule has 34 heavy (non-hydrogen) atoms. The fourth-order valence-corrected chi connectivity index (χ4v) is 4.98. The van der Waals surface area contributed by atoms with E-state index in [9.17, 15) is 14.4 Å². The van der Waals surface area contributed by atoms with Crippen molar-refractivity contribution in [1.82, 2.24) is 4.90 Å². The highest BCUT2D eigenvalue weighted by Crippen LogP contribution is 2.39. The highest BCUT2D eigenvalue weighted by Gasteiger charge is 2.36. The number of carbonyl (C=O) groups excluding carboxylic acids is 3. The Morgan fingerprint density at radius 3 is 2.68 bits per heavy atom. The normalized spacial score (nSPS) is 14.7. The molecule has 0 unspecified atom stereocenters. The molecule has 3 aromatic carbocycles. The van der Waals surface area contributed by atoms with E-state index in [1.165, 1.54) is 7.11 Å². The highest BCUT2D eigenvalue weighted by molar-refractivity contribution is 9.10. The molecule has 7 nitrogen and oxygen atoms in total. The molecule has 3 amide bonds. The zero-order chi connectivity index (χ0) is 24.2. The third-order valence-corrected chi connectivity index (χ3v) is 6.57. The molecule has 4 rings (SSSR count). The van der Waals surface area contributed by atoms with Gasteiger partial charge >= 0.3 is 0 Å². The largest absolute Gasteiger partial charge is 0.493 e. The van der Waals surface area contributed by atoms with E-state index >= 15 is 0 Å². The first kappa shape index (κ1) is 23.8. The number of benzene rings is 3. The SMILES string of the molecule is CCOc1c(Br)cc(/C=C2/SC(=O)N(CC(=O)Nc3cccc4ccccc34)C2=O)cc1OC. The Labute approximate surface area is 209 Å². The van der Waals surface area contributed by atoms with Gasteiger partial charge in [0, 0.05) is 11.1 Å². The number of fused-ring (bicyclic) bond motifs is 1. The van der Waals surface area contributed by atoms with Crippen LogP contribution < -0.4 is 14.8 Å². The number of anilines is 1. The van der Waals surface area contributed by atoms with Crippen molar-refractivity contribution in [1.29, 1.82) is 0 Å². The molecular formula is C25H21BrN2O5S. The minimum Gasteiger partial charge on any atom is -0.493 e.